The smallest absolute Gasteiger partial charge is 0.0133 e. The molecule has 0 N–H and O–H groups in total. The molecule has 0 saturated carbocycles. The normalized spacial score (nSPS) is 8.24. The van der Waals surface area contributed by atoms with Crippen molar-refractivity contribution >= 4 is 85.6 Å². The van der Waals surface area contributed by atoms with Gasteiger partial charge in [0.15, 0.2) is 0 Å². The molecule has 0 saturated heterocycles. The summed E-state index contributed by atoms with van der Waals surface area (Å²) in [7, 11) is 0. The largest absolute Gasteiger partial charge is 0.411 e. The molecule has 0 unspecified atom stereocenters. The van der Waals surface area contributed by atoms with Crippen LogP contribution in [0.25, 0.3) is 0 Å². The molecule has 0 aliphatic carbocycles. The summed E-state index contributed by atoms with van der Waals surface area (Å²) in [6.07, 6.45) is 0. The van der Waals surface area contributed by atoms with Gasteiger partial charge in [-0.3, -0.25) is 0 Å². The van der Waals surface area contributed by atoms with Crippen molar-refractivity contribution in [3.63, 3.8) is 0 Å². The molecule has 0 amide bonds. The summed E-state index contributed by atoms with van der Waals surface area (Å²) in [5.41, 5.74) is 0. The maximum atomic E-state index is 4.76. The quantitative estimate of drug-likeness (QED) is 0.326. The summed E-state index contributed by atoms with van der Waals surface area (Å²) in [4.78, 5) is 3.93. The molecule has 0 atom stereocenters. The molecule has 2 nitrogen and oxygen atoms in total. The second-order valence-electron chi connectivity index (χ2n) is 2.88. The van der Waals surface area contributed by atoms with Gasteiger partial charge in [-0.25, -0.2) is 0 Å². The molecule has 100 valence electrons. The number of nitrogens with zero attached hydrogens (tertiary/aromatic N) is 2. The van der Waals surface area contributed by atoms with Crippen LogP contribution >= 0.6 is 24.4 Å². The van der Waals surface area contributed by atoms with Gasteiger partial charge in [-0.15, -0.1) is 0 Å². The first-order valence-electron chi connectivity index (χ1n) is 5.36. The Morgan fingerprint density at radius 1 is 0.765 bits per heavy atom. The zero-order chi connectivity index (χ0) is 13.1. The third kappa shape index (κ3) is 13.4. The van der Waals surface area contributed by atoms with Crippen molar-refractivity contribution in [2.24, 2.45) is 0 Å². The van der Waals surface area contributed by atoms with Crippen LogP contribution in [0.5, 0.6) is 0 Å². The molecular weight excluding hydrogens is 484 g/mol. The van der Waals surface area contributed by atoms with Gasteiger partial charge in [0.1, 0.15) is 0 Å². The van der Waals surface area contributed by atoms with E-state index in [9.17, 15) is 0 Å². The Morgan fingerprint density at radius 2 is 0.941 bits per heavy atom. The van der Waals surface area contributed by atoms with E-state index in [0.717, 1.165) is 26.2 Å². The zero-order valence-corrected chi connectivity index (χ0v) is 18.0. The third-order valence-corrected chi connectivity index (χ3v) is 3.08. The average molecular weight is 504 g/mol. The number of thiocarbonyl (C=S) groups is 2. The van der Waals surface area contributed by atoms with E-state index >= 15 is 0 Å². The van der Waals surface area contributed by atoms with Crippen molar-refractivity contribution in [2.75, 3.05) is 26.2 Å². The first-order valence-corrected chi connectivity index (χ1v) is 6.99. The van der Waals surface area contributed by atoms with Crippen molar-refractivity contribution < 1.29 is 0 Å². The number of rotatable bonds is 4. The Hall–Kier alpha value is 1.14. The first kappa shape index (κ1) is 23.3. The van der Waals surface area contributed by atoms with E-state index < -0.39 is 0 Å². The van der Waals surface area contributed by atoms with Gasteiger partial charge >= 0.3 is 0 Å². The fraction of sp³-hybridized carbons (Fsp3) is 0.800. The number of hydrogen-bond acceptors (Lipinski definition) is 4. The van der Waals surface area contributed by atoms with E-state index in [0.29, 0.717) is 8.64 Å². The summed E-state index contributed by atoms with van der Waals surface area (Å²) < 4.78 is 1.16. The molecule has 0 aliphatic rings. The van der Waals surface area contributed by atoms with Crippen molar-refractivity contribution in [1.82, 2.24) is 9.80 Å². The van der Waals surface area contributed by atoms with E-state index in [-0.39, 0.29) is 27.3 Å². The molecule has 0 rings (SSSR count). The van der Waals surface area contributed by atoms with E-state index in [4.69, 9.17) is 49.7 Å². The van der Waals surface area contributed by atoms with Gasteiger partial charge in [0.25, 0.3) is 0 Å². The maximum Gasteiger partial charge on any atom is 0.0133 e. The summed E-state index contributed by atoms with van der Waals surface area (Å²) in [5.74, 6) is 0. The van der Waals surface area contributed by atoms with Gasteiger partial charge in [0.2, 0.25) is 0 Å². The molecule has 0 spiro atoms. The van der Waals surface area contributed by atoms with Crippen LogP contribution in [0.15, 0.2) is 0 Å². The first-order chi connectivity index (χ1) is 7.44. The van der Waals surface area contributed by atoms with Crippen LogP contribution in [0.2, 0.25) is 0 Å². The Morgan fingerprint density at radius 3 is 0.941 bits per heavy atom. The Labute approximate surface area is 148 Å². The summed E-state index contributed by atoms with van der Waals surface area (Å²) in [6.45, 7) is 11.9. The second-order valence-corrected chi connectivity index (χ2v) is 4.94. The van der Waals surface area contributed by atoms with Crippen molar-refractivity contribution in [1.29, 1.82) is 0 Å². The minimum absolute atomic E-state index is 0. The number of hydrogen-bond donors (Lipinski definition) is 0. The van der Waals surface area contributed by atoms with Gasteiger partial charge in [-0.05, 0) is 27.7 Å². The Kier molecular flexibility index (Phi) is 20.8. The Bertz CT molecular complexity index is 184. The standard InChI is InChI=1S/2C5H11NS2.Pb/c2*1-3-6(4-2)5(7)8;/h2*3-4H2,1-2H3,(H,7,8);/p-2. The van der Waals surface area contributed by atoms with Crippen LogP contribution in [0.1, 0.15) is 27.7 Å². The van der Waals surface area contributed by atoms with Crippen LogP contribution in [0.4, 0.5) is 0 Å². The van der Waals surface area contributed by atoms with Crippen LogP contribution in [0, 0.1) is 0 Å². The molecular formula is C10H20N2PbS4-2. The second kappa shape index (κ2) is 15.2. The summed E-state index contributed by atoms with van der Waals surface area (Å²) in [5, 5.41) is 0. The predicted octanol–water partition coefficient (Wildman–Crippen LogP) is 1.94. The molecule has 0 fully saturated rings. The van der Waals surface area contributed by atoms with Crippen molar-refractivity contribution in [3.8, 4) is 0 Å². The minimum Gasteiger partial charge on any atom is -0.411 e. The molecule has 4 radical (unpaired) electrons. The van der Waals surface area contributed by atoms with Crippen LogP contribution in [-0.2, 0) is 25.3 Å². The predicted molar refractivity (Wildman–Crippen MR) is 91.5 cm³/mol. The van der Waals surface area contributed by atoms with Gasteiger partial charge in [0.05, 0.1) is 0 Å². The Balaban J connectivity index is -0.000000218. The zero-order valence-electron chi connectivity index (χ0n) is 10.9. The van der Waals surface area contributed by atoms with Gasteiger partial charge in [0, 0.05) is 53.5 Å². The van der Waals surface area contributed by atoms with Crippen LogP contribution in [-0.4, -0.2) is 71.9 Å². The molecule has 0 aliphatic heterocycles. The van der Waals surface area contributed by atoms with Crippen LogP contribution < -0.4 is 0 Å². The van der Waals surface area contributed by atoms with Crippen LogP contribution in [0.3, 0.4) is 0 Å². The van der Waals surface area contributed by atoms with Crippen molar-refractivity contribution in [2.45, 2.75) is 27.7 Å². The van der Waals surface area contributed by atoms with E-state index in [1.165, 1.54) is 0 Å². The fourth-order valence-electron chi connectivity index (χ4n) is 0.964. The van der Waals surface area contributed by atoms with E-state index in [1.54, 1.807) is 0 Å². The van der Waals surface area contributed by atoms with Gasteiger partial charge in [-0.2, -0.15) is 0 Å². The van der Waals surface area contributed by atoms with Gasteiger partial charge < -0.3 is 59.5 Å². The monoisotopic (exact) mass is 504 g/mol. The molecule has 0 heterocycles. The topological polar surface area (TPSA) is 6.48 Å². The third-order valence-electron chi connectivity index (χ3n) is 2.04. The van der Waals surface area contributed by atoms with E-state index in [1.807, 2.05) is 37.5 Å². The van der Waals surface area contributed by atoms with Crippen molar-refractivity contribution in [3.05, 3.63) is 0 Å². The molecule has 0 bridgehead atoms. The minimum atomic E-state index is 0. The van der Waals surface area contributed by atoms with Gasteiger partial charge in [-0.1, -0.05) is 8.64 Å². The maximum absolute atomic E-state index is 4.76. The molecule has 7 heteroatoms. The summed E-state index contributed by atoms with van der Waals surface area (Å²) >= 11 is 19.0. The molecule has 0 aromatic heterocycles. The molecule has 17 heavy (non-hydrogen) atoms. The molecule has 0 aromatic carbocycles. The fourth-order valence-corrected chi connectivity index (χ4v) is 2.00. The molecule has 0 aromatic rings. The SMILES string of the molecule is CCN(CC)C(=S)[S-].CCN(CC)C(=S)[S-].[Pb]. The summed E-state index contributed by atoms with van der Waals surface area (Å²) in [6, 6.07) is 0. The average Bonchev–Trinajstić information content (AvgIpc) is 2.21. The van der Waals surface area contributed by atoms with E-state index in [2.05, 4.69) is 0 Å².